The van der Waals surface area contributed by atoms with Crippen LogP contribution in [0.1, 0.15) is 23.2 Å². The Morgan fingerprint density at radius 2 is 2.00 bits per heavy atom. The minimum Gasteiger partial charge on any atom is -0.377 e. The molecule has 2 heterocycles. The average molecular weight is 431 g/mol. The zero-order valence-corrected chi connectivity index (χ0v) is 17.6. The van der Waals surface area contributed by atoms with Gasteiger partial charge in [0, 0.05) is 36.2 Å². The van der Waals surface area contributed by atoms with Gasteiger partial charge in [0.15, 0.2) is 0 Å². The van der Waals surface area contributed by atoms with Crippen LogP contribution in [0.25, 0.3) is 10.1 Å². The van der Waals surface area contributed by atoms with Gasteiger partial charge in [-0.2, -0.15) is 4.31 Å². The number of hydrogen-bond acceptors (Lipinski definition) is 5. The van der Waals surface area contributed by atoms with Gasteiger partial charge in [0.05, 0.1) is 11.0 Å². The summed E-state index contributed by atoms with van der Waals surface area (Å²) in [6.45, 7) is 1.01. The van der Waals surface area contributed by atoms with Crippen LogP contribution in [-0.2, 0) is 14.8 Å². The van der Waals surface area contributed by atoms with Gasteiger partial charge >= 0.3 is 0 Å². The highest BCUT2D eigenvalue weighted by Gasteiger charge is 2.26. The summed E-state index contributed by atoms with van der Waals surface area (Å²) in [6.07, 6.45) is 1.78. The van der Waals surface area contributed by atoms with E-state index in [1.807, 2.05) is 29.6 Å². The fourth-order valence-electron chi connectivity index (χ4n) is 3.38. The number of benzene rings is 2. The van der Waals surface area contributed by atoms with Crippen molar-refractivity contribution in [3.8, 4) is 0 Å². The van der Waals surface area contributed by atoms with Crippen LogP contribution in [0.4, 0.5) is 5.69 Å². The Morgan fingerprint density at radius 1 is 1.21 bits per heavy atom. The third-order valence-electron chi connectivity index (χ3n) is 5.02. The molecule has 1 amide bonds. The van der Waals surface area contributed by atoms with E-state index in [1.54, 1.807) is 18.4 Å². The molecule has 0 spiro atoms. The highest BCUT2D eigenvalue weighted by Crippen LogP contribution is 2.24. The molecule has 6 nitrogen and oxygen atoms in total. The van der Waals surface area contributed by atoms with Crippen molar-refractivity contribution in [3.63, 3.8) is 0 Å². The van der Waals surface area contributed by atoms with Crippen molar-refractivity contribution < 1.29 is 17.9 Å². The van der Waals surface area contributed by atoms with E-state index in [4.69, 9.17) is 4.74 Å². The molecule has 4 rings (SSSR count). The standard InChI is InChI=1S/C21H22N2O4S2/c1-23(14-18-3-2-11-27-18)29(25,26)19-7-4-15(5-8-19)21(24)22-17-6-9-20-16(13-17)10-12-28-20/h4-10,12-13,18H,2-3,11,14H2,1H3,(H,22,24). The number of ether oxygens (including phenoxy) is 1. The van der Waals surface area contributed by atoms with Gasteiger partial charge in [0.2, 0.25) is 10.0 Å². The van der Waals surface area contributed by atoms with Crippen LogP contribution in [0.15, 0.2) is 58.8 Å². The smallest absolute Gasteiger partial charge is 0.255 e. The number of rotatable bonds is 6. The highest BCUT2D eigenvalue weighted by molar-refractivity contribution is 7.89. The van der Waals surface area contributed by atoms with E-state index < -0.39 is 10.0 Å². The molecule has 29 heavy (non-hydrogen) atoms. The minimum absolute atomic E-state index is 0.0552. The van der Waals surface area contributed by atoms with E-state index in [0.717, 1.165) is 22.9 Å². The molecule has 1 N–H and O–H groups in total. The van der Waals surface area contributed by atoms with Crippen LogP contribution in [0.3, 0.4) is 0 Å². The molecule has 1 unspecified atom stereocenters. The van der Waals surface area contributed by atoms with Crippen molar-refractivity contribution >= 4 is 43.0 Å². The number of nitrogens with zero attached hydrogens (tertiary/aromatic N) is 1. The normalized spacial score (nSPS) is 17.1. The molecule has 1 aliphatic heterocycles. The molecule has 2 aromatic carbocycles. The molecule has 0 bridgehead atoms. The largest absolute Gasteiger partial charge is 0.377 e. The summed E-state index contributed by atoms with van der Waals surface area (Å²) >= 11 is 1.65. The van der Waals surface area contributed by atoms with Crippen molar-refractivity contribution in [1.82, 2.24) is 4.31 Å². The van der Waals surface area contributed by atoms with Crippen molar-refractivity contribution in [2.45, 2.75) is 23.8 Å². The molecule has 1 aliphatic rings. The van der Waals surface area contributed by atoms with E-state index in [2.05, 4.69) is 5.32 Å². The van der Waals surface area contributed by atoms with E-state index in [-0.39, 0.29) is 16.9 Å². The first-order chi connectivity index (χ1) is 13.9. The van der Waals surface area contributed by atoms with Crippen molar-refractivity contribution in [3.05, 3.63) is 59.5 Å². The lowest BCUT2D eigenvalue weighted by Crippen LogP contribution is -2.34. The number of amides is 1. The molecule has 0 radical (unpaired) electrons. The van der Waals surface area contributed by atoms with Crippen LogP contribution in [0.5, 0.6) is 0 Å². The number of sulfonamides is 1. The molecule has 152 valence electrons. The van der Waals surface area contributed by atoms with Gasteiger partial charge in [-0.25, -0.2) is 8.42 Å². The third-order valence-corrected chi connectivity index (χ3v) is 7.76. The number of fused-ring (bicyclic) bond motifs is 1. The first-order valence-corrected chi connectivity index (χ1v) is 11.7. The number of carbonyl (C=O) groups is 1. The van der Waals surface area contributed by atoms with Crippen molar-refractivity contribution in [2.75, 3.05) is 25.5 Å². The molecule has 8 heteroatoms. The van der Waals surface area contributed by atoms with E-state index in [1.165, 1.54) is 28.6 Å². The van der Waals surface area contributed by atoms with Crippen LogP contribution in [0.2, 0.25) is 0 Å². The zero-order chi connectivity index (χ0) is 20.4. The fourth-order valence-corrected chi connectivity index (χ4v) is 5.35. The predicted octanol–water partition coefficient (Wildman–Crippen LogP) is 3.95. The lowest BCUT2D eigenvalue weighted by atomic mass is 10.2. The summed E-state index contributed by atoms with van der Waals surface area (Å²) in [6, 6.07) is 13.8. The Labute approximate surface area is 174 Å². The average Bonchev–Trinajstić information content (AvgIpc) is 3.39. The van der Waals surface area contributed by atoms with Crippen molar-refractivity contribution in [1.29, 1.82) is 0 Å². The van der Waals surface area contributed by atoms with Gasteiger partial charge in [-0.15, -0.1) is 11.3 Å². The lowest BCUT2D eigenvalue weighted by Gasteiger charge is -2.20. The number of thiophene rings is 1. The Kier molecular flexibility index (Phi) is 5.69. The Balaban J connectivity index is 1.45. The zero-order valence-electron chi connectivity index (χ0n) is 16.0. The Morgan fingerprint density at radius 3 is 2.72 bits per heavy atom. The summed E-state index contributed by atoms with van der Waals surface area (Å²) in [7, 11) is -2.07. The molecule has 3 aromatic rings. The molecular formula is C21H22N2O4S2. The maximum atomic E-state index is 12.8. The topological polar surface area (TPSA) is 75.7 Å². The highest BCUT2D eigenvalue weighted by atomic mass is 32.2. The van der Waals surface area contributed by atoms with Gasteiger partial charge in [0.25, 0.3) is 5.91 Å². The monoisotopic (exact) mass is 430 g/mol. The molecule has 1 atom stereocenters. The first kappa shape index (κ1) is 20.0. The van der Waals surface area contributed by atoms with Crippen molar-refractivity contribution in [2.24, 2.45) is 0 Å². The van der Waals surface area contributed by atoms with Gasteiger partial charge in [0.1, 0.15) is 0 Å². The van der Waals surface area contributed by atoms with E-state index in [0.29, 0.717) is 24.4 Å². The Hall–Kier alpha value is -2.26. The number of nitrogens with one attached hydrogen (secondary N) is 1. The number of anilines is 1. The number of likely N-dealkylation sites (N-methyl/N-ethyl adjacent to an activating group) is 1. The lowest BCUT2D eigenvalue weighted by molar-refractivity contribution is 0.0979. The van der Waals surface area contributed by atoms with Gasteiger partial charge in [-0.3, -0.25) is 4.79 Å². The fraction of sp³-hybridized carbons (Fsp3) is 0.286. The molecule has 1 saturated heterocycles. The summed E-state index contributed by atoms with van der Waals surface area (Å²) < 4.78 is 33.5. The summed E-state index contributed by atoms with van der Waals surface area (Å²) in [4.78, 5) is 12.7. The summed E-state index contributed by atoms with van der Waals surface area (Å²) in [5, 5.41) is 5.94. The second-order valence-corrected chi connectivity index (χ2v) is 10.1. The molecule has 0 aliphatic carbocycles. The molecular weight excluding hydrogens is 408 g/mol. The molecule has 0 saturated carbocycles. The van der Waals surface area contributed by atoms with Crippen LogP contribution < -0.4 is 5.32 Å². The SMILES string of the molecule is CN(CC1CCCO1)S(=O)(=O)c1ccc(C(=O)Nc2ccc3sccc3c2)cc1. The maximum absolute atomic E-state index is 12.8. The maximum Gasteiger partial charge on any atom is 0.255 e. The second-order valence-electron chi connectivity index (χ2n) is 7.07. The van der Waals surface area contributed by atoms with Crippen LogP contribution >= 0.6 is 11.3 Å². The third kappa shape index (κ3) is 4.35. The van der Waals surface area contributed by atoms with Crippen LogP contribution in [-0.4, -0.2) is 44.9 Å². The quantitative estimate of drug-likeness (QED) is 0.642. The minimum atomic E-state index is -3.62. The van der Waals surface area contributed by atoms with E-state index >= 15 is 0 Å². The second kappa shape index (κ2) is 8.23. The van der Waals surface area contributed by atoms with Gasteiger partial charge < -0.3 is 10.1 Å². The number of hydrogen-bond donors (Lipinski definition) is 1. The van der Waals surface area contributed by atoms with Gasteiger partial charge in [-0.05, 0) is 72.1 Å². The summed E-state index contributed by atoms with van der Waals surface area (Å²) in [5.74, 6) is -0.281. The van der Waals surface area contributed by atoms with Gasteiger partial charge in [-0.1, -0.05) is 0 Å². The predicted molar refractivity (Wildman–Crippen MR) is 115 cm³/mol. The molecule has 1 fully saturated rings. The summed E-state index contributed by atoms with van der Waals surface area (Å²) in [5.41, 5.74) is 1.10. The Bertz CT molecular complexity index is 1120. The first-order valence-electron chi connectivity index (χ1n) is 9.40. The number of carbonyl (C=O) groups excluding carboxylic acids is 1. The van der Waals surface area contributed by atoms with Crippen LogP contribution in [0, 0.1) is 0 Å². The van der Waals surface area contributed by atoms with E-state index in [9.17, 15) is 13.2 Å². The molecule has 1 aromatic heterocycles.